The molecular formula is C31H25ClN6O5S3. The summed E-state index contributed by atoms with van der Waals surface area (Å²) < 4.78 is 9.07. The molecule has 0 radical (unpaired) electrons. The van der Waals surface area contributed by atoms with Crippen LogP contribution in [0, 0.1) is 10.1 Å². The number of nitro benzene ring substituents is 1. The predicted octanol–water partition coefficient (Wildman–Crippen LogP) is 5.85. The Labute approximate surface area is 279 Å². The van der Waals surface area contributed by atoms with Crippen LogP contribution < -0.4 is 14.9 Å². The average Bonchev–Trinajstić information content (AvgIpc) is 3.77. The molecule has 0 saturated carbocycles. The van der Waals surface area contributed by atoms with Crippen molar-refractivity contribution in [2.45, 2.75) is 43.4 Å². The number of aromatic nitrogens is 4. The fourth-order valence-corrected chi connectivity index (χ4v) is 8.12. The molecule has 1 aliphatic rings. The van der Waals surface area contributed by atoms with Crippen molar-refractivity contribution in [3.8, 4) is 11.4 Å². The van der Waals surface area contributed by atoms with E-state index in [0.29, 0.717) is 53.6 Å². The van der Waals surface area contributed by atoms with Crippen molar-refractivity contribution >= 4 is 63.8 Å². The zero-order chi connectivity index (χ0) is 32.5. The normalized spacial score (nSPS) is 14.7. The highest BCUT2D eigenvalue weighted by atomic mass is 35.5. The standard InChI is InChI=1S/C31H25ClN6O5S3/c1-4-36-27(18-8-6-9-20(32)14-18)34-35-31(36)45-22-12-11-21(38(41)42)15-19(22)16-24-28(39)37-26(23-10-7-13-44-23)25(29(40)43-5-2)17(3)33-30(37)46-24/h6-16,26H,4-5H2,1-3H3/b24-16+/t26-/m1/s1. The minimum atomic E-state index is -0.718. The van der Waals surface area contributed by atoms with E-state index in [1.807, 2.05) is 47.2 Å². The van der Waals surface area contributed by atoms with Crippen LogP contribution in [-0.2, 0) is 16.1 Å². The summed E-state index contributed by atoms with van der Waals surface area (Å²) in [6.45, 7) is 6.15. The van der Waals surface area contributed by atoms with E-state index in [0.717, 1.165) is 21.8 Å². The molecule has 2 aromatic carbocycles. The second kappa shape index (κ2) is 13.2. The first-order valence-corrected chi connectivity index (χ1v) is 17.0. The van der Waals surface area contributed by atoms with Gasteiger partial charge in [0.2, 0.25) is 0 Å². The summed E-state index contributed by atoms with van der Waals surface area (Å²) >= 11 is 10.1. The predicted molar refractivity (Wildman–Crippen MR) is 178 cm³/mol. The van der Waals surface area contributed by atoms with Gasteiger partial charge in [0.1, 0.15) is 6.04 Å². The van der Waals surface area contributed by atoms with Crippen molar-refractivity contribution in [1.82, 2.24) is 19.3 Å². The maximum Gasteiger partial charge on any atom is 0.338 e. The van der Waals surface area contributed by atoms with Crippen LogP contribution in [0.4, 0.5) is 5.69 Å². The highest BCUT2D eigenvalue weighted by Gasteiger charge is 2.34. The molecule has 5 aromatic rings. The summed E-state index contributed by atoms with van der Waals surface area (Å²) in [6, 6.07) is 14.8. The summed E-state index contributed by atoms with van der Waals surface area (Å²) in [5.41, 5.74) is 1.51. The Balaban J connectivity index is 1.48. The van der Waals surface area contributed by atoms with E-state index in [2.05, 4.69) is 15.2 Å². The van der Waals surface area contributed by atoms with Crippen LogP contribution in [0.5, 0.6) is 0 Å². The van der Waals surface area contributed by atoms with Crippen LogP contribution in [0.1, 0.15) is 37.3 Å². The number of non-ortho nitro benzene ring substituents is 1. The van der Waals surface area contributed by atoms with E-state index in [1.54, 1.807) is 32.1 Å². The SMILES string of the molecule is CCOC(=O)C1=C(C)N=c2s/c(=C/c3cc([N+](=O)[O-])ccc3Sc3nnc(-c4cccc(Cl)c4)n3CC)c(=O)n2[C@@H]1c1cccs1. The Kier molecular flexibility index (Phi) is 9.04. The molecule has 0 bridgehead atoms. The minimum absolute atomic E-state index is 0.128. The number of nitro groups is 1. The number of hydrogen-bond donors (Lipinski definition) is 0. The molecule has 15 heteroatoms. The molecule has 234 valence electrons. The van der Waals surface area contributed by atoms with Gasteiger partial charge in [-0.1, -0.05) is 41.1 Å². The van der Waals surface area contributed by atoms with Crippen molar-refractivity contribution < 1.29 is 14.5 Å². The van der Waals surface area contributed by atoms with Gasteiger partial charge in [0, 0.05) is 39.0 Å². The van der Waals surface area contributed by atoms with Gasteiger partial charge in [-0.25, -0.2) is 9.79 Å². The second-order valence-electron chi connectivity index (χ2n) is 9.96. The van der Waals surface area contributed by atoms with E-state index in [9.17, 15) is 19.7 Å². The summed E-state index contributed by atoms with van der Waals surface area (Å²) in [5, 5.41) is 23.6. The lowest BCUT2D eigenvalue weighted by Crippen LogP contribution is -2.39. The van der Waals surface area contributed by atoms with Crippen LogP contribution in [0.2, 0.25) is 5.02 Å². The smallest absolute Gasteiger partial charge is 0.338 e. The molecule has 1 aliphatic heterocycles. The second-order valence-corrected chi connectivity index (χ2v) is 13.4. The third-order valence-corrected chi connectivity index (χ3v) is 10.4. The number of carbonyl (C=O) groups is 1. The lowest BCUT2D eigenvalue weighted by atomic mass is 10.0. The van der Waals surface area contributed by atoms with Crippen LogP contribution >= 0.6 is 46.0 Å². The zero-order valence-electron chi connectivity index (χ0n) is 24.7. The van der Waals surface area contributed by atoms with E-state index in [-0.39, 0.29) is 17.9 Å². The maximum atomic E-state index is 14.1. The van der Waals surface area contributed by atoms with Gasteiger partial charge in [0.25, 0.3) is 11.2 Å². The number of thiophene rings is 1. The molecule has 0 fully saturated rings. The summed E-state index contributed by atoms with van der Waals surface area (Å²) in [7, 11) is 0. The fourth-order valence-electron chi connectivity index (χ4n) is 5.09. The van der Waals surface area contributed by atoms with Gasteiger partial charge >= 0.3 is 5.97 Å². The van der Waals surface area contributed by atoms with Crippen LogP contribution in [-0.4, -0.2) is 36.8 Å². The molecule has 0 aliphatic carbocycles. The van der Waals surface area contributed by atoms with Gasteiger partial charge in [0.05, 0.1) is 27.3 Å². The first-order valence-electron chi connectivity index (χ1n) is 14.1. The molecule has 46 heavy (non-hydrogen) atoms. The number of carbonyl (C=O) groups excluding carboxylic acids is 1. The van der Waals surface area contributed by atoms with Crippen molar-refractivity contribution in [2.75, 3.05) is 6.61 Å². The highest BCUT2D eigenvalue weighted by molar-refractivity contribution is 7.99. The number of halogens is 1. The summed E-state index contributed by atoms with van der Waals surface area (Å²) in [4.78, 5) is 44.9. The fraction of sp³-hybridized carbons (Fsp3) is 0.194. The van der Waals surface area contributed by atoms with Crippen LogP contribution in [0.25, 0.3) is 17.5 Å². The molecule has 3 aromatic heterocycles. The van der Waals surface area contributed by atoms with Crippen molar-refractivity contribution in [2.24, 2.45) is 4.99 Å². The lowest BCUT2D eigenvalue weighted by molar-refractivity contribution is -0.384. The molecule has 1 atom stereocenters. The molecule has 6 rings (SSSR count). The van der Waals surface area contributed by atoms with Crippen LogP contribution in [0.15, 0.2) is 91.1 Å². The van der Waals surface area contributed by atoms with Crippen molar-refractivity contribution in [3.05, 3.63) is 117 Å². The number of fused-ring (bicyclic) bond motifs is 1. The Hall–Kier alpha value is -4.37. The largest absolute Gasteiger partial charge is 0.463 e. The topological polar surface area (TPSA) is 135 Å². The van der Waals surface area contributed by atoms with E-state index in [1.165, 1.54) is 39.8 Å². The first kappa shape index (κ1) is 31.6. The van der Waals surface area contributed by atoms with E-state index in [4.69, 9.17) is 16.3 Å². The van der Waals surface area contributed by atoms with Gasteiger partial charge in [-0.05, 0) is 73.8 Å². The molecule has 0 N–H and O–H groups in total. The van der Waals surface area contributed by atoms with Crippen LogP contribution in [0.3, 0.4) is 0 Å². The lowest BCUT2D eigenvalue weighted by Gasteiger charge is -2.23. The third-order valence-electron chi connectivity index (χ3n) is 7.14. The van der Waals surface area contributed by atoms with Gasteiger partial charge in [0.15, 0.2) is 15.8 Å². The maximum absolute atomic E-state index is 14.1. The zero-order valence-corrected chi connectivity index (χ0v) is 27.9. The van der Waals surface area contributed by atoms with Gasteiger partial charge in [-0.15, -0.1) is 21.5 Å². The molecule has 0 amide bonds. The summed E-state index contributed by atoms with van der Waals surface area (Å²) in [6.07, 6.45) is 1.62. The van der Waals surface area contributed by atoms with Crippen molar-refractivity contribution in [3.63, 3.8) is 0 Å². The van der Waals surface area contributed by atoms with E-state index < -0.39 is 16.9 Å². The Bertz CT molecular complexity index is 2200. The van der Waals surface area contributed by atoms with Crippen molar-refractivity contribution in [1.29, 1.82) is 0 Å². The molecule has 0 unspecified atom stereocenters. The number of ether oxygens (including phenoxy) is 1. The number of hydrogen-bond acceptors (Lipinski definition) is 11. The molecule has 0 spiro atoms. The quantitative estimate of drug-likeness (QED) is 0.107. The number of esters is 1. The Morgan fingerprint density at radius 1 is 1.17 bits per heavy atom. The first-order chi connectivity index (χ1) is 22.2. The van der Waals surface area contributed by atoms with Gasteiger partial charge < -0.3 is 9.30 Å². The number of nitrogens with zero attached hydrogens (tertiary/aromatic N) is 6. The molecule has 11 nitrogen and oxygen atoms in total. The van der Waals surface area contributed by atoms with E-state index >= 15 is 0 Å². The number of thiazole rings is 1. The summed E-state index contributed by atoms with van der Waals surface area (Å²) in [5.74, 6) is 0.0941. The molecular weight excluding hydrogens is 668 g/mol. The Morgan fingerprint density at radius 3 is 2.70 bits per heavy atom. The monoisotopic (exact) mass is 692 g/mol. The molecule has 0 saturated heterocycles. The third kappa shape index (κ3) is 5.96. The Morgan fingerprint density at radius 2 is 2.00 bits per heavy atom. The average molecular weight is 693 g/mol. The molecule has 4 heterocycles. The highest BCUT2D eigenvalue weighted by Crippen LogP contribution is 2.35. The minimum Gasteiger partial charge on any atom is -0.463 e. The number of allylic oxidation sites excluding steroid dienone is 1. The number of rotatable bonds is 9. The van der Waals surface area contributed by atoms with Gasteiger partial charge in [-0.2, -0.15) is 0 Å². The van der Waals surface area contributed by atoms with Gasteiger partial charge in [-0.3, -0.25) is 19.5 Å². The number of benzene rings is 2.